The molecule has 1 aliphatic heterocycles. The molecule has 0 aliphatic carbocycles. The zero-order valence-corrected chi connectivity index (χ0v) is 12.7. The fourth-order valence-corrected chi connectivity index (χ4v) is 2.39. The average molecular weight is 262 g/mol. The van der Waals surface area contributed by atoms with E-state index in [0.29, 0.717) is 30.5 Å². The van der Waals surface area contributed by atoms with E-state index < -0.39 is 10.0 Å². The maximum absolute atomic E-state index is 11.1. The second-order valence-electron chi connectivity index (χ2n) is 2.91. The quantitative estimate of drug-likeness (QED) is 0.277. The van der Waals surface area contributed by atoms with Crippen LogP contribution in [-0.2, 0) is 22.7 Å². The van der Waals surface area contributed by atoms with Crippen LogP contribution in [0.5, 0.6) is 0 Å². The first-order valence-electron chi connectivity index (χ1n) is 3.82. The molecule has 1 aliphatic rings. The normalized spacial score (nSPS) is 18.8. The Bertz CT molecular complexity index is 298. The molecule has 0 amide bonds. The minimum atomic E-state index is -3.05. The Hall–Kier alpha value is 1.02. The summed E-state index contributed by atoms with van der Waals surface area (Å²) in [5, 5.41) is 0. The van der Waals surface area contributed by atoms with Crippen LogP contribution in [0, 0.1) is 0 Å². The molecule has 0 saturated carbocycles. The van der Waals surface area contributed by atoms with Gasteiger partial charge in [0.2, 0.25) is 10.0 Å². The molecule has 0 bridgehead atoms. The summed E-state index contributed by atoms with van der Waals surface area (Å²) >= 11 is 9.64. The van der Waals surface area contributed by atoms with Crippen LogP contribution in [0.15, 0.2) is 0 Å². The van der Waals surface area contributed by atoms with E-state index in [1.807, 2.05) is 4.90 Å². The topological polar surface area (TPSA) is 40.6 Å². The third kappa shape index (κ3) is 4.26. The molecule has 8 heteroatoms. The third-order valence-corrected chi connectivity index (χ3v) is 3.79. The molecule has 0 atom stereocenters. The second kappa shape index (κ2) is 5.93. The van der Waals surface area contributed by atoms with Gasteiger partial charge in [-0.1, -0.05) is 4.32 Å². The number of thiocarbonyl (C=S) groups is 1. The van der Waals surface area contributed by atoms with Gasteiger partial charge in [0.1, 0.15) is 0 Å². The summed E-state index contributed by atoms with van der Waals surface area (Å²) in [7, 11) is -3.05. The predicted molar refractivity (Wildman–Crippen MR) is 58.0 cm³/mol. The molecule has 0 aromatic heterocycles. The van der Waals surface area contributed by atoms with E-state index in [1.165, 1.54) is 10.6 Å². The van der Waals surface area contributed by atoms with Gasteiger partial charge >= 0.3 is 29.6 Å². The SMILES string of the molecule is CS(=O)(=O)N1CCN(C(=S)[S-])CC1.[Na+]. The molecule has 4 nitrogen and oxygen atoms in total. The maximum Gasteiger partial charge on any atom is 1.00 e. The molecule has 76 valence electrons. The Kier molecular flexibility index (Phi) is 6.36. The van der Waals surface area contributed by atoms with Gasteiger partial charge in [-0.2, -0.15) is 4.31 Å². The molecule has 1 saturated heterocycles. The van der Waals surface area contributed by atoms with Crippen molar-refractivity contribution in [3.05, 3.63) is 0 Å². The number of hydrogen-bond donors (Lipinski definition) is 0. The van der Waals surface area contributed by atoms with Crippen molar-refractivity contribution < 1.29 is 38.0 Å². The first-order valence-corrected chi connectivity index (χ1v) is 6.49. The number of hydrogen-bond acceptors (Lipinski definition) is 4. The van der Waals surface area contributed by atoms with Crippen LogP contribution in [0.2, 0.25) is 0 Å². The van der Waals surface area contributed by atoms with E-state index >= 15 is 0 Å². The van der Waals surface area contributed by atoms with Gasteiger partial charge in [0.05, 0.1) is 6.26 Å². The first kappa shape index (κ1) is 15.0. The average Bonchev–Trinajstić information content (AvgIpc) is 2.03. The summed E-state index contributed by atoms with van der Waals surface area (Å²) in [6, 6.07) is 0. The molecule has 1 fully saturated rings. The molecule has 0 N–H and O–H groups in total. The van der Waals surface area contributed by atoms with Gasteiger partial charge in [-0.15, -0.1) is 0 Å². The Morgan fingerprint density at radius 3 is 2.00 bits per heavy atom. The number of rotatable bonds is 1. The second-order valence-corrected chi connectivity index (χ2v) is 5.93. The fourth-order valence-electron chi connectivity index (χ4n) is 1.20. The van der Waals surface area contributed by atoms with Gasteiger partial charge in [-0.25, -0.2) is 8.42 Å². The molecular weight excluding hydrogens is 251 g/mol. The van der Waals surface area contributed by atoms with Crippen molar-refractivity contribution in [3.63, 3.8) is 0 Å². The van der Waals surface area contributed by atoms with Gasteiger partial charge in [-0.3, -0.25) is 0 Å². The number of sulfonamides is 1. The van der Waals surface area contributed by atoms with Crippen molar-refractivity contribution in [2.45, 2.75) is 0 Å². The van der Waals surface area contributed by atoms with E-state index in [4.69, 9.17) is 24.8 Å². The van der Waals surface area contributed by atoms with E-state index in [1.54, 1.807) is 0 Å². The summed E-state index contributed by atoms with van der Waals surface area (Å²) in [5.74, 6) is 0. The zero-order valence-electron chi connectivity index (χ0n) is 8.26. The fraction of sp³-hybridized carbons (Fsp3) is 0.833. The first-order chi connectivity index (χ1) is 5.91. The van der Waals surface area contributed by atoms with Crippen LogP contribution in [-0.4, -0.2) is 54.4 Å². The van der Waals surface area contributed by atoms with Crippen LogP contribution in [0.3, 0.4) is 0 Å². The Morgan fingerprint density at radius 2 is 1.71 bits per heavy atom. The van der Waals surface area contributed by atoms with Gasteiger partial charge in [0.25, 0.3) is 0 Å². The molecule has 0 unspecified atom stereocenters. The molecule has 0 aromatic carbocycles. The minimum absolute atomic E-state index is 0. The van der Waals surface area contributed by atoms with Crippen LogP contribution < -0.4 is 29.6 Å². The van der Waals surface area contributed by atoms with E-state index in [0.717, 1.165) is 0 Å². The van der Waals surface area contributed by atoms with E-state index in [-0.39, 0.29) is 29.6 Å². The van der Waals surface area contributed by atoms with Crippen LogP contribution in [0.25, 0.3) is 0 Å². The van der Waals surface area contributed by atoms with Crippen molar-refractivity contribution in [2.75, 3.05) is 32.4 Å². The Morgan fingerprint density at radius 1 is 1.29 bits per heavy atom. The Balaban J connectivity index is 0.00000169. The summed E-state index contributed by atoms with van der Waals surface area (Å²) in [6.07, 6.45) is 1.22. The van der Waals surface area contributed by atoms with Crippen molar-refractivity contribution in [1.29, 1.82) is 0 Å². The summed E-state index contributed by atoms with van der Waals surface area (Å²) < 4.78 is 24.1. The monoisotopic (exact) mass is 262 g/mol. The molecule has 0 aromatic rings. The third-order valence-electron chi connectivity index (χ3n) is 1.97. The van der Waals surface area contributed by atoms with Gasteiger partial charge in [0, 0.05) is 26.2 Å². The van der Waals surface area contributed by atoms with Crippen LogP contribution in [0.1, 0.15) is 0 Å². The zero-order chi connectivity index (χ0) is 10.1. The molecular formula is C6H11N2NaO2S3. The van der Waals surface area contributed by atoms with Gasteiger partial charge in [0.15, 0.2) is 0 Å². The summed E-state index contributed by atoms with van der Waals surface area (Å²) in [5.41, 5.74) is 0. The molecule has 1 rings (SSSR count). The molecule has 1 heterocycles. The molecule has 0 spiro atoms. The van der Waals surface area contributed by atoms with Crippen molar-refractivity contribution in [3.8, 4) is 0 Å². The maximum atomic E-state index is 11.1. The van der Waals surface area contributed by atoms with E-state index in [9.17, 15) is 8.42 Å². The number of piperazine rings is 1. The minimum Gasteiger partial charge on any atom is -0.411 e. The van der Waals surface area contributed by atoms with Crippen LogP contribution >= 0.6 is 12.2 Å². The van der Waals surface area contributed by atoms with Crippen molar-refractivity contribution >= 4 is 39.2 Å². The predicted octanol–water partition coefficient (Wildman–Crippen LogP) is -3.60. The molecule has 0 radical (unpaired) electrons. The number of nitrogens with zero attached hydrogens (tertiary/aromatic N) is 2. The summed E-state index contributed by atoms with van der Waals surface area (Å²) in [4.78, 5) is 1.84. The van der Waals surface area contributed by atoms with Crippen molar-refractivity contribution in [2.24, 2.45) is 0 Å². The van der Waals surface area contributed by atoms with Crippen LogP contribution in [0.4, 0.5) is 0 Å². The summed E-state index contributed by atoms with van der Waals surface area (Å²) in [6.45, 7) is 2.18. The van der Waals surface area contributed by atoms with Gasteiger partial charge in [-0.05, 0) is 0 Å². The Labute approximate surface area is 118 Å². The molecule has 14 heavy (non-hydrogen) atoms. The van der Waals surface area contributed by atoms with Gasteiger partial charge < -0.3 is 29.7 Å². The van der Waals surface area contributed by atoms with Crippen molar-refractivity contribution in [1.82, 2.24) is 9.21 Å². The largest absolute Gasteiger partial charge is 1.00 e. The standard InChI is InChI=1S/C6H12N2O2S3.Na/c1-13(9,10)8-4-2-7(3-5-8)6(11)12;/h2-5H2,1H3,(H,11,12);/q;+1/p-1. The smallest absolute Gasteiger partial charge is 0.411 e. The van der Waals surface area contributed by atoms with E-state index in [2.05, 4.69) is 0 Å².